The predicted molar refractivity (Wildman–Crippen MR) is 94.9 cm³/mol. The first-order valence-electron chi connectivity index (χ1n) is 8.75. The molecule has 0 aliphatic carbocycles. The fraction of sp³-hybridized carbons (Fsp3) is 0.611. The molecule has 2 aliphatic rings. The summed E-state index contributed by atoms with van der Waals surface area (Å²) in [5, 5.41) is 0. The molecule has 3 rings (SSSR count). The second kappa shape index (κ2) is 8.46. The van der Waals surface area contributed by atoms with E-state index in [9.17, 15) is 0 Å². The van der Waals surface area contributed by atoms with Gasteiger partial charge in [-0.1, -0.05) is 24.3 Å². The van der Waals surface area contributed by atoms with E-state index >= 15 is 0 Å². The molecule has 2 N–H and O–H groups in total. The first-order chi connectivity index (χ1) is 11.7. The average Bonchev–Trinajstić information content (AvgIpc) is 2.61. The van der Waals surface area contributed by atoms with Crippen LogP contribution in [0.4, 0.5) is 0 Å². The van der Waals surface area contributed by atoms with E-state index in [2.05, 4.69) is 46.0 Å². The number of rotatable bonds is 4. The Kier molecular flexibility index (Phi) is 6.07. The Labute approximate surface area is 144 Å². The van der Waals surface area contributed by atoms with Crippen molar-refractivity contribution in [1.29, 1.82) is 0 Å². The summed E-state index contributed by atoms with van der Waals surface area (Å²) < 4.78 is 10.9. The fourth-order valence-electron chi connectivity index (χ4n) is 3.18. The molecular weight excluding hydrogens is 304 g/mol. The molecule has 1 atom stereocenters. The van der Waals surface area contributed by atoms with Gasteiger partial charge in [0.25, 0.3) is 0 Å². The summed E-state index contributed by atoms with van der Waals surface area (Å²) in [6.45, 7) is 9.62. The number of nitrogens with zero attached hydrogens (tertiary/aromatic N) is 3. The van der Waals surface area contributed by atoms with Gasteiger partial charge in [0.1, 0.15) is 0 Å². The predicted octanol–water partition coefficient (Wildman–Crippen LogP) is 1.05. The molecule has 1 unspecified atom stereocenters. The molecule has 1 aromatic carbocycles. The minimum atomic E-state index is 0.319. The van der Waals surface area contributed by atoms with Crippen molar-refractivity contribution in [3.05, 3.63) is 35.4 Å². The van der Waals surface area contributed by atoms with Crippen LogP contribution in [0.5, 0.6) is 0 Å². The molecular formula is C18H28N4O2. The van der Waals surface area contributed by atoms with E-state index < -0.39 is 0 Å². The summed E-state index contributed by atoms with van der Waals surface area (Å²) in [5.41, 5.74) is 8.62. The molecule has 2 aliphatic heterocycles. The van der Waals surface area contributed by atoms with E-state index in [1.165, 1.54) is 11.1 Å². The smallest absolute Gasteiger partial charge is 0.191 e. The highest BCUT2D eigenvalue weighted by molar-refractivity contribution is 5.78. The van der Waals surface area contributed by atoms with Crippen molar-refractivity contribution in [1.82, 2.24) is 9.80 Å². The molecule has 6 nitrogen and oxygen atoms in total. The molecule has 132 valence electrons. The van der Waals surface area contributed by atoms with Crippen LogP contribution in [0.25, 0.3) is 0 Å². The minimum Gasteiger partial charge on any atom is -0.378 e. The molecule has 2 heterocycles. The highest BCUT2D eigenvalue weighted by Crippen LogP contribution is 2.13. The Hall–Kier alpha value is -1.63. The summed E-state index contributed by atoms with van der Waals surface area (Å²) in [7, 11) is 0. The standard InChI is InChI=1S/C18H28N4O2/c1-15-13-21(5-10-24-15)14-17-4-2-3-16(11-17)12-20-18(19)22-6-8-23-9-7-22/h2-4,11,15H,5-10,12-14H2,1H3,(H2,19,20). The first kappa shape index (κ1) is 17.2. The van der Waals surface area contributed by atoms with E-state index in [0.717, 1.165) is 52.5 Å². The van der Waals surface area contributed by atoms with Gasteiger partial charge < -0.3 is 20.1 Å². The van der Waals surface area contributed by atoms with Gasteiger partial charge in [0, 0.05) is 32.7 Å². The molecule has 0 radical (unpaired) electrons. The number of hydrogen-bond donors (Lipinski definition) is 1. The molecule has 0 spiro atoms. The lowest BCUT2D eigenvalue weighted by molar-refractivity contribution is -0.0212. The van der Waals surface area contributed by atoms with E-state index in [0.29, 0.717) is 18.6 Å². The van der Waals surface area contributed by atoms with Crippen LogP contribution in [0.3, 0.4) is 0 Å². The van der Waals surface area contributed by atoms with Gasteiger partial charge in [-0.25, -0.2) is 4.99 Å². The van der Waals surface area contributed by atoms with Crippen LogP contribution in [0.1, 0.15) is 18.1 Å². The number of nitrogens with two attached hydrogens (primary N) is 1. The number of ether oxygens (including phenoxy) is 2. The summed E-state index contributed by atoms with van der Waals surface area (Å²) in [6.07, 6.45) is 0.319. The van der Waals surface area contributed by atoms with E-state index in [1.54, 1.807) is 0 Å². The maximum absolute atomic E-state index is 6.10. The highest BCUT2D eigenvalue weighted by Gasteiger charge is 2.16. The lowest BCUT2D eigenvalue weighted by Gasteiger charge is -2.31. The van der Waals surface area contributed by atoms with Gasteiger partial charge in [-0.2, -0.15) is 0 Å². The molecule has 0 saturated carbocycles. The summed E-state index contributed by atoms with van der Waals surface area (Å²) in [5.74, 6) is 0.616. The third-order valence-corrected chi connectivity index (χ3v) is 4.48. The lowest BCUT2D eigenvalue weighted by Crippen LogP contribution is -2.44. The van der Waals surface area contributed by atoms with Crippen molar-refractivity contribution >= 4 is 5.96 Å². The lowest BCUT2D eigenvalue weighted by atomic mass is 10.1. The molecule has 6 heteroatoms. The zero-order valence-electron chi connectivity index (χ0n) is 14.5. The van der Waals surface area contributed by atoms with Crippen LogP contribution in [0, 0.1) is 0 Å². The second-order valence-corrected chi connectivity index (χ2v) is 6.51. The van der Waals surface area contributed by atoms with Crippen LogP contribution in [-0.2, 0) is 22.6 Å². The number of morpholine rings is 2. The largest absolute Gasteiger partial charge is 0.378 e. The first-order valence-corrected chi connectivity index (χ1v) is 8.75. The van der Waals surface area contributed by atoms with E-state index in [1.807, 2.05) is 0 Å². The number of benzene rings is 1. The number of hydrogen-bond acceptors (Lipinski definition) is 4. The Morgan fingerprint density at radius 2 is 2.00 bits per heavy atom. The maximum atomic E-state index is 6.10. The van der Waals surface area contributed by atoms with Crippen LogP contribution in [0.15, 0.2) is 29.3 Å². The third-order valence-electron chi connectivity index (χ3n) is 4.48. The molecule has 0 aromatic heterocycles. The van der Waals surface area contributed by atoms with Crippen LogP contribution in [0.2, 0.25) is 0 Å². The van der Waals surface area contributed by atoms with Crippen molar-refractivity contribution in [2.75, 3.05) is 46.0 Å². The third kappa shape index (κ3) is 4.93. The Balaban J connectivity index is 1.56. The monoisotopic (exact) mass is 332 g/mol. The van der Waals surface area contributed by atoms with Gasteiger partial charge in [-0.3, -0.25) is 4.90 Å². The number of guanidine groups is 1. The van der Waals surface area contributed by atoms with Crippen LogP contribution in [-0.4, -0.2) is 67.9 Å². The summed E-state index contributed by atoms with van der Waals surface area (Å²) >= 11 is 0. The number of aliphatic imine (C=N–C) groups is 1. The second-order valence-electron chi connectivity index (χ2n) is 6.51. The van der Waals surface area contributed by atoms with Gasteiger partial charge >= 0.3 is 0 Å². The molecule has 1 aromatic rings. The van der Waals surface area contributed by atoms with Gasteiger partial charge in [-0.05, 0) is 18.1 Å². The van der Waals surface area contributed by atoms with Crippen molar-refractivity contribution in [3.63, 3.8) is 0 Å². The average molecular weight is 332 g/mol. The quantitative estimate of drug-likeness (QED) is 0.660. The highest BCUT2D eigenvalue weighted by atomic mass is 16.5. The van der Waals surface area contributed by atoms with Crippen molar-refractivity contribution in [2.45, 2.75) is 26.1 Å². The fourth-order valence-corrected chi connectivity index (χ4v) is 3.18. The van der Waals surface area contributed by atoms with Crippen molar-refractivity contribution in [3.8, 4) is 0 Å². The van der Waals surface area contributed by atoms with Crippen LogP contribution >= 0.6 is 0 Å². The van der Waals surface area contributed by atoms with E-state index in [-0.39, 0.29) is 0 Å². The van der Waals surface area contributed by atoms with Crippen molar-refractivity contribution in [2.24, 2.45) is 10.7 Å². The Bertz CT molecular complexity index is 558. The van der Waals surface area contributed by atoms with Crippen LogP contribution < -0.4 is 5.73 Å². The summed E-state index contributed by atoms with van der Waals surface area (Å²) in [6, 6.07) is 8.63. The molecule has 24 heavy (non-hydrogen) atoms. The van der Waals surface area contributed by atoms with Gasteiger partial charge in [0.2, 0.25) is 0 Å². The zero-order chi connectivity index (χ0) is 16.8. The maximum Gasteiger partial charge on any atom is 0.191 e. The molecule has 0 bridgehead atoms. The van der Waals surface area contributed by atoms with Gasteiger partial charge in [-0.15, -0.1) is 0 Å². The summed E-state index contributed by atoms with van der Waals surface area (Å²) in [4.78, 5) is 9.08. The Morgan fingerprint density at radius 3 is 2.79 bits per heavy atom. The van der Waals surface area contributed by atoms with Crippen molar-refractivity contribution < 1.29 is 9.47 Å². The normalized spacial score (nSPS) is 23.5. The topological polar surface area (TPSA) is 63.3 Å². The Morgan fingerprint density at radius 1 is 1.21 bits per heavy atom. The minimum absolute atomic E-state index is 0.319. The van der Waals surface area contributed by atoms with Gasteiger partial charge in [0.15, 0.2) is 5.96 Å². The van der Waals surface area contributed by atoms with Gasteiger partial charge in [0.05, 0.1) is 32.5 Å². The molecule has 2 saturated heterocycles. The molecule has 2 fully saturated rings. The molecule has 0 amide bonds. The van der Waals surface area contributed by atoms with E-state index in [4.69, 9.17) is 15.2 Å². The SMILES string of the molecule is CC1CN(Cc2cccc(CN=C(N)N3CCOCC3)c2)CCO1. The zero-order valence-corrected chi connectivity index (χ0v) is 14.5.